The molecule has 0 aliphatic rings. The molecule has 1 amide bonds. The number of amides is 1. The van der Waals surface area contributed by atoms with E-state index in [4.69, 9.17) is 14.7 Å². The minimum Gasteiger partial charge on any atom is -0.497 e. The van der Waals surface area contributed by atoms with E-state index in [0.29, 0.717) is 17.2 Å². The van der Waals surface area contributed by atoms with Gasteiger partial charge in [0.25, 0.3) is 5.91 Å². The smallest absolute Gasteiger partial charge is 0.267 e. The topological polar surface area (TPSA) is 74.6 Å². The van der Waals surface area contributed by atoms with E-state index in [1.165, 1.54) is 13.3 Å². The summed E-state index contributed by atoms with van der Waals surface area (Å²) < 4.78 is 10.3. The summed E-state index contributed by atoms with van der Waals surface area (Å²) in [6.07, 6.45) is 1.45. The van der Waals surface area contributed by atoms with E-state index in [2.05, 4.69) is 5.32 Å². The molecule has 1 aromatic rings. The Bertz CT molecular complexity index is 559. The van der Waals surface area contributed by atoms with E-state index in [1.54, 1.807) is 44.3 Å². The van der Waals surface area contributed by atoms with E-state index >= 15 is 0 Å². The Kier molecular flexibility index (Phi) is 5.42. The maximum Gasteiger partial charge on any atom is 0.267 e. The summed E-state index contributed by atoms with van der Waals surface area (Å²) in [4.78, 5) is 13.6. The summed E-state index contributed by atoms with van der Waals surface area (Å²) in [5.41, 5.74) is 0.478. The predicted molar refractivity (Wildman–Crippen MR) is 75.6 cm³/mol. The van der Waals surface area contributed by atoms with Crippen LogP contribution in [0.1, 0.15) is 0 Å². The predicted octanol–water partition coefficient (Wildman–Crippen LogP) is 1.61. The molecular weight excluding hydrogens is 258 g/mol. The van der Waals surface area contributed by atoms with Crippen LogP contribution in [0.5, 0.6) is 11.5 Å². The molecule has 0 atom stereocenters. The van der Waals surface area contributed by atoms with Crippen LogP contribution < -0.4 is 14.8 Å². The van der Waals surface area contributed by atoms with Crippen molar-refractivity contribution in [3.63, 3.8) is 0 Å². The highest BCUT2D eigenvalue weighted by atomic mass is 16.5. The van der Waals surface area contributed by atoms with Crippen molar-refractivity contribution < 1.29 is 14.3 Å². The summed E-state index contributed by atoms with van der Waals surface area (Å²) in [6.45, 7) is 0. The lowest BCUT2D eigenvalue weighted by atomic mass is 10.2. The van der Waals surface area contributed by atoms with Crippen LogP contribution in [0, 0.1) is 11.3 Å². The van der Waals surface area contributed by atoms with Crippen molar-refractivity contribution in [2.75, 3.05) is 33.6 Å². The minimum atomic E-state index is -0.496. The van der Waals surface area contributed by atoms with Gasteiger partial charge in [-0.3, -0.25) is 4.79 Å². The van der Waals surface area contributed by atoms with Crippen molar-refractivity contribution in [3.8, 4) is 17.6 Å². The molecule has 0 fully saturated rings. The van der Waals surface area contributed by atoms with Crippen LogP contribution in [0.4, 0.5) is 5.69 Å². The molecule has 0 aromatic heterocycles. The van der Waals surface area contributed by atoms with Gasteiger partial charge in [-0.05, 0) is 12.1 Å². The van der Waals surface area contributed by atoms with Gasteiger partial charge in [-0.15, -0.1) is 0 Å². The number of anilines is 1. The Labute approximate surface area is 118 Å². The zero-order valence-corrected chi connectivity index (χ0v) is 11.9. The first-order chi connectivity index (χ1) is 9.51. The van der Waals surface area contributed by atoms with Crippen molar-refractivity contribution in [1.82, 2.24) is 4.90 Å². The Balaban J connectivity index is 2.99. The maximum atomic E-state index is 12.0. The van der Waals surface area contributed by atoms with Crippen LogP contribution in [0.25, 0.3) is 0 Å². The van der Waals surface area contributed by atoms with Crippen molar-refractivity contribution in [2.45, 2.75) is 0 Å². The Hall–Kier alpha value is -2.68. The Morgan fingerprint density at radius 3 is 2.55 bits per heavy atom. The summed E-state index contributed by atoms with van der Waals surface area (Å²) >= 11 is 0. The molecule has 0 unspecified atom stereocenters. The first-order valence-electron chi connectivity index (χ1n) is 5.83. The number of rotatable bonds is 5. The second kappa shape index (κ2) is 7.04. The number of nitrogens with one attached hydrogen (secondary N) is 1. The number of carbonyl (C=O) groups is 1. The van der Waals surface area contributed by atoms with Gasteiger partial charge in [-0.25, -0.2) is 0 Å². The monoisotopic (exact) mass is 275 g/mol. The number of ether oxygens (including phenoxy) is 2. The van der Waals surface area contributed by atoms with Gasteiger partial charge in [0.1, 0.15) is 23.1 Å². The number of benzene rings is 1. The zero-order valence-electron chi connectivity index (χ0n) is 11.9. The number of nitrogens with zero attached hydrogens (tertiary/aromatic N) is 2. The van der Waals surface area contributed by atoms with E-state index in [9.17, 15) is 4.79 Å². The van der Waals surface area contributed by atoms with Crippen LogP contribution in [0.3, 0.4) is 0 Å². The molecule has 1 aromatic carbocycles. The molecule has 0 heterocycles. The fourth-order valence-electron chi connectivity index (χ4n) is 1.49. The highest BCUT2D eigenvalue weighted by Gasteiger charge is 2.13. The Morgan fingerprint density at radius 1 is 1.35 bits per heavy atom. The molecule has 1 rings (SSSR count). The second-order valence-corrected chi connectivity index (χ2v) is 4.14. The third-order valence-electron chi connectivity index (χ3n) is 2.41. The van der Waals surface area contributed by atoms with Gasteiger partial charge < -0.3 is 19.7 Å². The average molecular weight is 275 g/mol. The van der Waals surface area contributed by atoms with Crippen molar-refractivity contribution in [2.24, 2.45) is 0 Å². The van der Waals surface area contributed by atoms with Crippen LogP contribution in [0.2, 0.25) is 0 Å². The molecule has 106 valence electrons. The molecule has 0 saturated carbocycles. The molecule has 0 aliphatic heterocycles. The van der Waals surface area contributed by atoms with Crippen LogP contribution in [0.15, 0.2) is 30.0 Å². The fraction of sp³-hybridized carbons (Fsp3) is 0.286. The van der Waals surface area contributed by atoms with Crippen molar-refractivity contribution in [1.29, 1.82) is 5.26 Å². The van der Waals surface area contributed by atoms with Gasteiger partial charge in [0.05, 0.1) is 19.9 Å². The van der Waals surface area contributed by atoms with E-state index in [0.717, 1.165) is 0 Å². The minimum absolute atomic E-state index is 0.00729. The summed E-state index contributed by atoms with van der Waals surface area (Å²) in [5.74, 6) is 0.577. The van der Waals surface area contributed by atoms with Gasteiger partial charge in [-0.2, -0.15) is 5.26 Å². The molecule has 0 spiro atoms. The lowest BCUT2D eigenvalue weighted by molar-refractivity contribution is -0.112. The normalized spacial score (nSPS) is 10.4. The number of carbonyl (C=O) groups excluding carboxylic acids is 1. The maximum absolute atomic E-state index is 12.0. The highest BCUT2D eigenvalue weighted by Crippen LogP contribution is 2.29. The molecule has 0 aliphatic carbocycles. The summed E-state index contributed by atoms with van der Waals surface area (Å²) in [7, 11) is 6.50. The van der Waals surface area contributed by atoms with Gasteiger partial charge in [0, 0.05) is 26.4 Å². The lowest BCUT2D eigenvalue weighted by Gasteiger charge is -2.12. The first-order valence-corrected chi connectivity index (χ1v) is 5.83. The SMILES string of the molecule is COc1ccc(NC(=O)/C(C#N)=C\N(C)C)c(OC)c1. The lowest BCUT2D eigenvalue weighted by Crippen LogP contribution is -2.16. The highest BCUT2D eigenvalue weighted by molar-refractivity contribution is 6.07. The quantitative estimate of drug-likeness (QED) is 0.652. The average Bonchev–Trinajstić information content (AvgIpc) is 2.44. The largest absolute Gasteiger partial charge is 0.497 e. The first kappa shape index (κ1) is 15.4. The molecule has 6 heteroatoms. The summed E-state index contributed by atoms with van der Waals surface area (Å²) in [6, 6.07) is 6.85. The molecular formula is C14H17N3O3. The third-order valence-corrected chi connectivity index (χ3v) is 2.41. The Morgan fingerprint density at radius 2 is 2.05 bits per heavy atom. The van der Waals surface area contributed by atoms with Crippen molar-refractivity contribution in [3.05, 3.63) is 30.0 Å². The molecule has 0 bridgehead atoms. The standard InChI is InChI=1S/C14H17N3O3/c1-17(2)9-10(8-15)14(18)16-12-6-5-11(19-3)7-13(12)20-4/h5-7,9H,1-4H3,(H,16,18)/b10-9-. The van der Waals surface area contributed by atoms with E-state index < -0.39 is 5.91 Å². The molecule has 20 heavy (non-hydrogen) atoms. The number of hydrogen-bond donors (Lipinski definition) is 1. The van der Waals surface area contributed by atoms with Gasteiger partial charge in [-0.1, -0.05) is 0 Å². The molecule has 0 radical (unpaired) electrons. The second-order valence-electron chi connectivity index (χ2n) is 4.14. The van der Waals surface area contributed by atoms with Crippen molar-refractivity contribution >= 4 is 11.6 Å². The van der Waals surface area contributed by atoms with E-state index in [-0.39, 0.29) is 5.57 Å². The van der Waals surface area contributed by atoms with Crippen LogP contribution in [-0.2, 0) is 4.79 Å². The third kappa shape index (κ3) is 3.92. The van der Waals surface area contributed by atoms with Crippen LogP contribution >= 0.6 is 0 Å². The number of nitriles is 1. The summed E-state index contributed by atoms with van der Waals surface area (Å²) in [5, 5.41) is 11.6. The molecule has 1 N–H and O–H groups in total. The van der Waals surface area contributed by atoms with Gasteiger partial charge in [0.15, 0.2) is 0 Å². The van der Waals surface area contributed by atoms with Crippen LogP contribution in [-0.4, -0.2) is 39.1 Å². The molecule has 0 saturated heterocycles. The fourth-order valence-corrected chi connectivity index (χ4v) is 1.49. The molecule has 6 nitrogen and oxygen atoms in total. The zero-order chi connectivity index (χ0) is 15.1. The van der Waals surface area contributed by atoms with E-state index in [1.807, 2.05) is 6.07 Å². The number of methoxy groups -OCH3 is 2. The van der Waals surface area contributed by atoms with Gasteiger partial charge in [0.2, 0.25) is 0 Å². The van der Waals surface area contributed by atoms with Gasteiger partial charge >= 0.3 is 0 Å². The number of hydrogen-bond acceptors (Lipinski definition) is 5.